The minimum Gasteiger partial charge on any atom is -0.268 e. The summed E-state index contributed by atoms with van der Waals surface area (Å²) in [5.74, 6) is 0. The number of aryl methyl sites for hydroxylation is 2. The minimum atomic E-state index is -0.574. The molecule has 0 aliphatic rings. The first kappa shape index (κ1) is 30.0. The van der Waals surface area contributed by atoms with Crippen LogP contribution in [0.4, 0.5) is 0 Å². The highest BCUT2D eigenvalue weighted by atomic mass is 16.1. The predicted octanol–water partition coefficient (Wildman–Crippen LogP) is 9.17. The summed E-state index contributed by atoms with van der Waals surface area (Å²) < 4.78 is 1.61. The summed E-state index contributed by atoms with van der Waals surface area (Å²) in [6, 6.07) is 42.1. The maximum Gasteiger partial charge on any atom is 0.264 e. The molecule has 222 valence electrons. The molecule has 0 spiro atoms. The summed E-state index contributed by atoms with van der Waals surface area (Å²) >= 11 is 0. The van der Waals surface area contributed by atoms with Crippen molar-refractivity contribution in [1.82, 2.24) is 9.38 Å². The largest absolute Gasteiger partial charge is 0.268 e. The van der Waals surface area contributed by atoms with E-state index in [1.165, 1.54) is 5.56 Å². The van der Waals surface area contributed by atoms with Crippen LogP contribution in [0.2, 0.25) is 0 Å². The fourth-order valence-corrected chi connectivity index (χ4v) is 6.06. The van der Waals surface area contributed by atoms with E-state index in [0.717, 1.165) is 32.8 Å². The van der Waals surface area contributed by atoms with Gasteiger partial charge >= 0.3 is 0 Å². The van der Waals surface area contributed by atoms with Crippen LogP contribution in [0.15, 0.2) is 126 Å². The van der Waals surface area contributed by atoms with Crippen molar-refractivity contribution in [2.24, 2.45) is 0 Å². The number of aromatic nitrogens is 2. The Kier molecular flexibility index (Phi) is 7.93. The quantitative estimate of drug-likeness (QED) is 0.190. The van der Waals surface area contributed by atoms with Crippen molar-refractivity contribution in [3.63, 3.8) is 0 Å². The summed E-state index contributed by atoms with van der Waals surface area (Å²) in [5.41, 5.74) is 6.21. The number of benzene rings is 5. The number of imidazole rings is 1. The number of nitriles is 2. The topological polar surface area (TPSA) is 81.9 Å². The highest BCUT2D eigenvalue weighted by molar-refractivity contribution is 6.20. The Bertz CT molecular complexity index is 2370. The molecule has 5 nitrogen and oxygen atoms in total. The maximum atomic E-state index is 14.1. The lowest BCUT2D eigenvalue weighted by Crippen LogP contribution is -2.20. The summed E-state index contributed by atoms with van der Waals surface area (Å²) in [6.45, 7) is 7.95. The summed E-state index contributed by atoms with van der Waals surface area (Å²) in [4.78, 5) is 18.9. The molecule has 46 heavy (non-hydrogen) atoms. The molecule has 7 rings (SSSR count). The Morgan fingerprint density at radius 1 is 0.761 bits per heavy atom. The smallest absolute Gasteiger partial charge is 0.264 e. The van der Waals surface area contributed by atoms with Crippen LogP contribution >= 0.6 is 0 Å². The van der Waals surface area contributed by atoms with Gasteiger partial charge in [-0.25, -0.2) is 4.98 Å². The van der Waals surface area contributed by atoms with Crippen molar-refractivity contribution < 1.29 is 0 Å². The van der Waals surface area contributed by atoms with Gasteiger partial charge in [0.1, 0.15) is 5.65 Å². The van der Waals surface area contributed by atoms with E-state index in [9.17, 15) is 15.3 Å². The van der Waals surface area contributed by atoms with E-state index in [-0.39, 0.29) is 5.56 Å². The van der Waals surface area contributed by atoms with Crippen LogP contribution in [0.5, 0.6) is 0 Å². The molecule has 0 amide bonds. The predicted molar refractivity (Wildman–Crippen MR) is 187 cm³/mol. The van der Waals surface area contributed by atoms with Crippen LogP contribution in [0.25, 0.3) is 44.4 Å². The number of rotatable bonds is 4. The molecule has 0 atom stereocenters. The van der Waals surface area contributed by atoms with E-state index < -0.39 is 5.41 Å². The van der Waals surface area contributed by atoms with Crippen LogP contribution in [0.3, 0.4) is 0 Å². The molecule has 0 fully saturated rings. The van der Waals surface area contributed by atoms with Crippen LogP contribution in [-0.2, 0) is 5.41 Å². The normalized spacial score (nSPS) is 11.7. The van der Waals surface area contributed by atoms with Gasteiger partial charge in [-0.2, -0.15) is 10.5 Å². The lowest BCUT2D eigenvalue weighted by molar-refractivity contribution is 0.646. The fourth-order valence-electron chi connectivity index (χ4n) is 6.06. The molecule has 0 aliphatic carbocycles. The first-order valence-corrected chi connectivity index (χ1v) is 15.2. The van der Waals surface area contributed by atoms with Gasteiger partial charge in [0.25, 0.3) is 5.56 Å². The number of hydrogen-bond donors (Lipinski definition) is 0. The second-order valence-corrected chi connectivity index (χ2v) is 11.9. The van der Waals surface area contributed by atoms with Crippen LogP contribution < -0.4 is 5.56 Å². The molecule has 0 unspecified atom stereocenters. The van der Waals surface area contributed by atoms with Crippen molar-refractivity contribution in [1.29, 1.82) is 10.5 Å². The third-order valence-electron chi connectivity index (χ3n) is 8.65. The molecule has 0 bridgehead atoms. The Balaban J connectivity index is 0.000000471. The van der Waals surface area contributed by atoms with E-state index in [2.05, 4.69) is 31.2 Å². The highest BCUT2D eigenvalue weighted by Gasteiger charge is 2.27. The third-order valence-corrected chi connectivity index (χ3v) is 8.65. The van der Waals surface area contributed by atoms with E-state index >= 15 is 0 Å². The molecule has 0 saturated carbocycles. The van der Waals surface area contributed by atoms with Gasteiger partial charge in [0.2, 0.25) is 0 Å². The monoisotopic (exact) mass is 596 g/mol. The molecule has 0 radical (unpaired) electrons. The molecule has 0 aliphatic heterocycles. The number of allylic oxidation sites excluding steroid dienone is 1. The van der Waals surface area contributed by atoms with Gasteiger partial charge in [0, 0.05) is 32.5 Å². The Hall–Kier alpha value is -6.04. The minimum absolute atomic E-state index is 0.223. The molecule has 7 aromatic rings. The molecule has 5 heteroatoms. The molecule has 5 aromatic carbocycles. The first-order chi connectivity index (χ1) is 22.3. The number of pyridine rings is 1. The van der Waals surface area contributed by atoms with Gasteiger partial charge in [-0.05, 0) is 54.8 Å². The van der Waals surface area contributed by atoms with Gasteiger partial charge in [-0.1, -0.05) is 116 Å². The summed E-state index contributed by atoms with van der Waals surface area (Å²) in [7, 11) is 0. The molecule has 0 saturated heterocycles. The highest BCUT2D eigenvalue weighted by Crippen LogP contribution is 2.38. The van der Waals surface area contributed by atoms with E-state index in [1.807, 2.05) is 112 Å². The van der Waals surface area contributed by atoms with E-state index in [1.54, 1.807) is 22.6 Å². The number of nitrogens with zero attached hydrogens (tertiary/aromatic N) is 4. The SMILES string of the molecule is Cc1ccccc1.Cc1nc2c3ccc(-c4ccccc4)c4c(C#N)ccc(c(=O)n2c1/C=C(/C#N)C(C)(C)c1ccccc1)c43. The molecule has 2 aromatic heterocycles. The van der Waals surface area contributed by atoms with Gasteiger partial charge < -0.3 is 0 Å². The summed E-state index contributed by atoms with van der Waals surface area (Å²) in [5, 5.41) is 23.0. The van der Waals surface area contributed by atoms with Crippen molar-refractivity contribution in [3.05, 3.63) is 159 Å². The Morgan fingerprint density at radius 2 is 1.37 bits per heavy atom. The lowest BCUT2D eigenvalue weighted by atomic mass is 9.77. The van der Waals surface area contributed by atoms with Crippen molar-refractivity contribution in [2.75, 3.05) is 0 Å². The zero-order valence-corrected chi connectivity index (χ0v) is 26.2. The van der Waals surface area contributed by atoms with Crippen LogP contribution in [0.1, 0.15) is 41.9 Å². The second kappa shape index (κ2) is 12.2. The standard InChI is InChI=1S/C34H24N4O.C7H8/c1-21-29(18-25(20-36)34(2,3)24-12-8-5-9-13-24)38-32(37-21)27-17-16-26(22-10-6-4-7-11-22)30-23(19-35)14-15-28(31(27)30)33(38)39;1-7-5-3-2-4-6-7/h4-18H,1-3H3;2-6H,1H3/b25-18-;. The zero-order valence-electron chi connectivity index (χ0n) is 26.2. The first-order valence-electron chi connectivity index (χ1n) is 15.2. The summed E-state index contributed by atoms with van der Waals surface area (Å²) in [6.07, 6.45) is 1.79. The van der Waals surface area contributed by atoms with Crippen LogP contribution in [-0.4, -0.2) is 9.38 Å². The molecule has 2 heterocycles. The van der Waals surface area contributed by atoms with Crippen molar-refractivity contribution in [3.8, 4) is 23.3 Å². The average Bonchev–Trinajstić information content (AvgIpc) is 3.42. The van der Waals surface area contributed by atoms with Crippen molar-refractivity contribution >= 4 is 33.3 Å². The maximum absolute atomic E-state index is 14.1. The Labute approximate surface area is 268 Å². The molecular formula is C41H32N4O. The number of hydrogen-bond acceptors (Lipinski definition) is 4. The molecule has 0 N–H and O–H groups in total. The van der Waals surface area contributed by atoms with Gasteiger partial charge in [0.05, 0.1) is 29.1 Å². The van der Waals surface area contributed by atoms with E-state index in [4.69, 9.17) is 4.98 Å². The second-order valence-electron chi connectivity index (χ2n) is 11.9. The Morgan fingerprint density at radius 3 is 1.96 bits per heavy atom. The van der Waals surface area contributed by atoms with Crippen LogP contribution in [0, 0.1) is 36.5 Å². The van der Waals surface area contributed by atoms with Crippen molar-refractivity contribution in [2.45, 2.75) is 33.1 Å². The zero-order chi connectivity index (χ0) is 32.4. The van der Waals surface area contributed by atoms with Gasteiger partial charge in [-0.15, -0.1) is 0 Å². The van der Waals surface area contributed by atoms with Gasteiger partial charge in [0.15, 0.2) is 0 Å². The lowest BCUT2D eigenvalue weighted by Gasteiger charge is -2.24. The average molecular weight is 597 g/mol. The number of fused-ring (bicyclic) bond motifs is 2. The molecular weight excluding hydrogens is 564 g/mol. The van der Waals surface area contributed by atoms with E-state index in [0.29, 0.717) is 33.6 Å². The third kappa shape index (κ3) is 5.19. The van der Waals surface area contributed by atoms with Gasteiger partial charge in [-0.3, -0.25) is 9.20 Å². The fraction of sp³-hybridized carbons (Fsp3) is 0.122.